The normalized spacial score (nSPS) is 19.4. The van der Waals surface area contributed by atoms with Gasteiger partial charge >= 0.3 is 5.97 Å². The van der Waals surface area contributed by atoms with Gasteiger partial charge in [0.15, 0.2) is 0 Å². The van der Waals surface area contributed by atoms with Gasteiger partial charge < -0.3 is 9.84 Å². The molecule has 0 spiro atoms. The van der Waals surface area contributed by atoms with Gasteiger partial charge in [0.25, 0.3) is 0 Å². The van der Waals surface area contributed by atoms with Crippen LogP contribution in [0, 0.1) is 0 Å². The fraction of sp³-hybridized carbons (Fsp3) is 0.667. The third-order valence-electron chi connectivity index (χ3n) is 1.93. The summed E-state index contributed by atoms with van der Waals surface area (Å²) in [5.41, 5.74) is 0. The van der Waals surface area contributed by atoms with Crippen LogP contribution in [0.15, 0.2) is 12.2 Å². The van der Waals surface area contributed by atoms with E-state index in [9.17, 15) is 4.79 Å². The van der Waals surface area contributed by atoms with E-state index in [4.69, 9.17) is 9.84 Å². The molecule has 1 aliphatic rings. The van der Waals surface area contributed by atoms with Crippen LogP contribution in [-0.2, 0) is 9.53 Å². The van der Waals surface area contributed by atoms with Crippen LogP contribution in [-0.4, -0.2) is 48.8 Å². The number of morpholine rings is 1. The van der Waals surface area contributed by atoms with Crippen LogP contribution in [0.4, 0.5) is 0 Å². The average molecular weight is 185 g/mol. The standard InChI is InChI=1S/C9H15NO3/c11-9(12)3-1-2-4-10-5-7-13-8-6-10/h1-2H,3-8H2,(H,11,12)/b2-1+. The van der Waals surface area contributed by atoms with Crippen molar-refractivity contribution >= 4 is 5.97 Å². The molecule has 0 aromatic carbocycles. The molecule has 0 radical (unpaired) electrons. The maximum Gasteiger partial charge on any atom is 0.307 e. The molecule has 1 saturated heterocycles. The Hall–Kier alpha value is -0.870. The summed E-state index contributed by atoms with van der Waals surface area (Å²) in [6.45, 7) is 4.28. The fourth-order valence-corrected chi connectivity index (χ4v) is 1.19. The minimum Gasteiger partial charge on any atom is -0.481 e. The van der Waals surface area contributed by atoms with Crippen molar-refractivity contribution < 1.29 is 14.6 Å². The lowest BCUT2D eigenvalue weighted by molar-refractivity contribution is -0.136. The van der Waals surface area contributed by atoms with E-state index in [-0.39, 0.29) is 6.42 Å². The van der Waals surface area contributed by atoms with Crippen molar-refractivity contribution in [1.82, 2.24) is 4.90 Å². The molecule has 1 N–H and O–H groups in total. The predicted molar refractivity (Wildman–Crippen MR) is 48.7 cm³/mol. The number of hydrogen-bond donors (Lipinski definition) is 1. The van der Waals surface area contributed by atoms with Gasteiger partial charge in [-0.3, -0.25) is 9.69 Å². The molecule has 13 heavy (non-hydrogen) atoms. The molecule has 0 saturated carbocycles. The Morgan fingerprint density at radius 2 is 2.08 bits per heavy atom. The van der Waals surface area contributed by atoms with E-state index in [1.807, 2.05) is 6.08 Å². The largest absolute Gasteiger partial charge is 0.481 e. The number of hydrogen-bond acceptors (Lipinski definition) is 3. The van der Waals surface area contributed by atoms with Crippen molar-refractivity contribution in [3.8, 4) is 0 Å². The molecule has 0 aromatic heterocycles. The Morgan fingerprint density at radius 3 is 2.69 bits per heavy atom. The van der Waals surface area contributed by atoms with Crippen LogP contribution in [0.1, 0.15) is 6.42 Å². The molecule has 0 atom stereocenters. The Balaban J connectivity index is 2.09. The second-order valence-electron chi connectivity index (χ2n) is 2.98. The van der Waals surface area contributed by atoms with Gasteiger partial charge in [0.05, 0.1) is 19.6 Å². The van der Waals surface area contributed by atoms with E-state index in [0.717, 1.165) is 32.8 Å². The topological polar surface area (TPSA) is 49.8 Å². The Bertz CT molecular complexity index is 185. The van der Waals surface area contributed by atoms with E-state index < -0.39 is 5.97 Å². The van der Waals surface area contributed by atoms with Crippen molar-refractivity contribution in [2.24, 2.45) is 0 Å². The molecule has 1 aliphatic heterocycles. The third-order valence-corrected chi connectivity index (χ3v) is 1.93. The van der Waals surface area contributed by atoms with Crippen LogP contribution in [0.3, 0.4) is 0 Å². The summed E-state index contributed by atoms with van der Waals surface area (Å²) in [5, 5.41) is 8.37. The minimum atomic E-state index is -0.779. The number of ether oxygens (including phenoxy) is 1. The first-order valence-corrected chi connectivity index (χ1v) is 4.46. The van der Waals surface area contributed by atoms with Crippen molar-refractivity contribution in [2.75, 3.05) is 32.8 Å². The van der Waals surface area contributed by atoms with Gasteiger partial charge in [-0.15, -0.1) is 0 Å². The van der Waals surface area contributed by atoms with Crippen molar-refractivity contribution in [3.63, 3.8) is 0 Å². The quantitative estimate of drug-likeness (QED) is 0.642. The first-order valence-electron chi connectivity index (χ1n) is 4.46. The SMILES string of the molecule is O=C(O)C/C=C/CN1CCOCC1. The molecule has 4 nitrogen and oxygen atoms in total. The second kappa shape index (κ2) is 5.72. The van der Waals surface area contributed by atoms with Crippen LogP contribution in [0.2, 0.25) is 0 Å². The molecule has 0 aliphatic carbocycles. The van der Waals surface area contributed by atoms with E-state index >= 15 is 0 Å². The fourth-order valence-electron chi connectivity index (χ4n) is 1.19. The monoisotopic (exact) mass is 185 g/mol. The lowest BCUT2D eigenvalue weighted by Gasteiger charge is -2.25. The van der Waals surface area contributed by atoms with Crippen molar-refractivity contribution in [3.05, 3.63) is 12.2 Å². The zero-order chi connectivity index (χ0) is 9.52. The lowest BCUT2D eigenvalue weighted by Crippen LogP contribution is -2.36. The molecule has 0 bridgehead atoms. The Kier molecular flexibility index (Phi) is 4.49. The summed E-state index contributed by atoms with van der Waals surface area (Å²) in [6, 6.07) is 0. The lowest BCUT2D eigenvalue weighted by atomic mass is 10.3. The van der Waals surface area contributed by atoms with Gasteiger partial charge in [0.1, 0.15) is 0 Å². The maximum absolute atomic E-state index is 10.2. The molecule has 1 heterocycles. The molecule has 0 unspecified atom stereocenters. The molecule has 1 fully saturated rings. The van der Waals surface area contributed by atoms with Gasteiger partial charge in [-0.2, -0.15) is 0 Å². The van der Waals surface area contributed by atoms with Crippen LogP contribution in [0.5, 0.6) is 0 Å². The van der Waals surface area contributed by atoms with Gasteiger partial charge in [-0.05, 0) is 0 Å². The van der Waals surface area contributed by atoms with Crippen LogP contribution < -0.4 is 0 Å². The number of nitrogens with zero attached hydrogens (tertiary/aromatic N) is 1. The molecule has 74 valence electrons. The number of carboxylic acid groups (broad SMARTS) is 1. The highest BCUT2D eigenvalue weighted by Gasteiger charge is 2.07. The molecule has 0 amide bonds. The van der Waals surface area contributed by atoms with E-state index in [1.54, 1.807) is 6.08 Å². The third kappa shape index (κ3) is 4.65. The summed E-state index contributed by atoms with van der Waals surface area (Å²) in [4.78, 5) is 12.4. The summed E-state index contributed by atoms with van der Waals surface area (Å²) in [5.74, 6) is -0.779. The molecule has 0 aromatic rings. The predicted octanol–water partition coefficient (Wildman–Crippen LogP) is 0.350. The van der Waals surface area contributed by atoms with Crippen LogP contribution in [0.25, 0.3) is 0 Å². The Labute approximate surface area is 77.8 Å². The second-order valence-corrected chi connectivity index (χ2v) is 2.98. The number of aliphatic carboxylic acids is 1. The molecule has 4 heteroatoms. The molecule has 1 rings (SSSR count). The molecular weight excluding hydrogens is 170 g/mol. The van der Waals surface area contributed by atoms with Crippen molar-refractivity contribution in [2.45, 2.75) is 6.42 Å². The average Bonchev–Trinajstić information content (AvgIpc) is 2.14. The maximum atomic E-state index is 10.2. The van der Waals surface area contributed by atoms with E-state index in [0.29, 0.717) is 0 Å². The zero-order valence-corrected chi connectivity index (χ0v) is 7.61. The highest BCUT2D eigenvalue weighted by molar-refractivity contribution is 5.68. The number of rotatable bonds is 4. The van der Waals surface area contributed by atoms with E-state index in [2.05, 4.69) is 4.90 Å². The first-order chi connectivity index (χ1) is 6.29. The number of carboxylic acids is 1. The Morgan fingerprint density at radius 1 is 1.38 bits per heavy atom. The van der Waals surface area contributed by atoms with E-state index in [1.165, 1.54) is 0 Å². The summed E-state index contributed by atoms with van der Waals surface area (Å²) < 4.78 is 5.18. The van der Waals surface area contributed by atoms with Gasteiger partial charge in [-0.25, -0.2) is 0 Å². The van der Waals surface area contributed by atoms with Gasteiger partial charge in [-0.1, -0.05) is 12.2 Å². The molecular formula is C9H15NO3. The summed E-state index contributed by atoms with van der Waals surface area (Å²) in [6.07, 6.45) is 3.71. The van der Waals surface area contributed by atoms with Crippen molar-refractivity contribution in [1.29, 1.82) is 0 Å². The number of carbonyl (C=O) groups is 1. The summed E-state index contributed by atoms with van der Waals surface area (Å²) >= 11 is 0. The van der Waals surface area contributed by atoms with Crippen LogP contribution >= 0.6 is 0 Å². The van der Waals surface area contributed by atoms with Gasteiger partial charge in [0.2, 0.25) is 0 Å². The minimum absolute atomic E-state index is 0.115. The smallest absolute Gasteiger partial charge is 0.307 e. The first kappa shape index (κ1) is 10.2. The summed E-state index contributed by atoms with van der Waals surface area (Å²) in [7, 11) is 0. The highest BCUT2D eigenvalue weighted by Crippen LogP contribution is 1.96. The van der Waals surface area contributed by atoms with Gasteiger partial charge in [0, 0.05) is 19.6 Å². The zero-order valence-electron chi connectivity index (χ0n) is 7.61. The highest BCUT2D eigenvalue weighted by atomic mass is 16.5.